The van der Waals surface area contributed by atoms with Crippen LogP contribution in [-0.4, -0.2) is 40.9 Å². The van der Waals surface area contributed by atoms with Gasteiger partial charge in [0.2, 0.25) is 12.7 Å². The second-order valence-electron chi connectivity index (χ2n) is 6.42. The summed E-state index contributed by atoms with van der Waals surface area (Å²) in [5, 5.41) is 3.46. The number of anilines is 1. The molecule has 1 aromatic heterocycles. The van der Waals surface area contributed by atoms with E-state index in [9.17, 15) is 9.59 Å². The van der Waals surface area contributed by atoms with E-state index in [0.29, 0.717) is 27.9 Å². The Labute approximate surface area is 177 Å². The summed E-state index contributed by atoms with van der Waals surface area (Å²) in [5.41, 5.74) is 1.68. The SMILES string of the molecule is COc1ccc(-n2ccnc2SCC(=O)Nc2cc3c(cc2C(C)=O)OCO3)cc1. The predicted molar refractivity (Wildman–Crippen MR) is 112 cm³/mol. The van der Waals surface area contributed by atoms with Gasteiger partial charge in [-0.25, -0.2) is 4.98 Å². The zero-order valence-corrected chi connectivity index (χ0v) is 17.2. The van der Waals surface area contributed by atoms with E-state index < -0.39 is 0 Å². The fraction of sp³-hybridized carbons (Fsp3) is 0.190. The number of aromatic nitrogens is 2. The summed E-state index contributed by atoms with van der Waals surface area (Å²) >= 11 is 1.29. The van der Waals surface area contributed by atoms with Gasteiger partial charge in [0.1, 0.15) is 5.75 Å². The van der Waals surface area contributed by atoms with Gasteiger partial charge in [-0.3, -0.25) is 14.2 Å². The fourth-order valence-corrected chi connectivity index (χ4v) is 3.76. The molecule has 1 aliphatic heterocycles. The Bertz CT molecular complexity index is 1090. The lowest BCUT2D eigenvalue weighted by atomic mass is 10.1. The van der Waals surface area contributed by atoms with Gasteiger partial charge in [-0.05, 0) is 37.3 Å². The number of imidazole rings is 1. The number of benzene rings is 2. The van der Waals surface area contributed by atoms with Crippen LogP contribution in [0.15, 0.2) is 53.9 Å². The van der Waals surface area contributed by atoms with Crippen molar-refractivity contribution in [3.63, 3.8) is 0 Å². The van der Waals surface area contributed by atoms with Crippen molar-refractivity contribution >= 4 is 29.1 Å². The Morgan fingerprint density at radius 1 is 1.20 bits per heavy atom. The van der Waals surface area contributed by atoms with Gasteiger partial charge in [-0.2, -0.15) is 0 Å². The molecule has 0 fully saturated rings. The molecule has 0 aliphatic carbocycles. The van der Waals surface area contributed by atoms with E-state index in [4.69, 9.17) is 14.2 Å². The molecule has 0 bridgehead atoms. The monoisotopic (exact) mass is 425 g/mol. The van der Waals surface area contributed by atoms with Crippen molar-refractivity contribution in [2.24, 2.45) is 0 Å². The first kappa shape index (κ1) is 19.8. The Hall–Kier alpha value is -3.46. The summed E-state index contributed by atoms with van der Waals surface area (Å²) in [6.07, 6.45) is 3.50. The van der Waals surface area contributed by atoms with E-state index >= 15 is 0 Å². The molecule has 2 heterocycles. The molecule has 9 heteroatoms. The number of rotatable bonds is 7. The maximum absolute atomic E-state index is 12.5. The number of nitrogens with one attached hydrogen (secondary N) is 1. The van der Waals surface area contributed by atoms with Crippen LogP contribution in [0, 0.1) is 0 Å². The number of methoxy groups -OCH3 is 1. The summed E-state index contributed by atoms with van der Waals surface area (Å²) in [4.78, 5) is 28.8. The van der Waals surface area contributed by atoms with Crippen molar-refractivity contribution in [3.8, 4) is 22.9 Å². The van der Waals surface area contributed by atoms with Gasteiger partial charge >= 0.3 is 0 Å². The summed E-state index contributed by atoms with van der Waals surface area (Å²) in [5.74, 6) is 1.44. The third kappa shape index (κ3) is 4.11. The number of thioether (sulfide) groups is 1. The topological polar surface area (TPSA) is 91.7 Å². The highest BCUT2D eigenvalue weighted by Gasteiger charge is 2.20. The minimum atomic E-state index is -0.259. The number of carbonyl (C=O) groups is 2. The Morgan fingerprint density at radius 2 is 1.93 bits per heavy atom. The quantitative estimate of drug-likeness (QED) is 0.457. The van der Waals surface area contributed by atoms with Gasteiger partial charge in [0.15, 0.2) is 22.4 Å². The molecule has 1 amide bonds. The zero-order chi connectivity index (χ0) is 21.1. The molecule has 1 N–H and O–H groups in total. The van der Waals surface area contributed by atoms with Crippen LogP contribution in [0.1, 0.15) is 17.3 Å². The lowest BCUT2D eigenvalue weighted by Gasteiger charge is -2.11. The average molecular weight is 425 g/mol. The maximum Gasteiger partial charge on any atom is 0.234 e. The number of Topliss-reactive ketones (excluding diaryl/α,β-unsaturated/α-hetero) is 1. The first-order valence-electron chi connectivity index (χ1n) is 9.10. The highest BCUT2D eigenvalue weighted by atomic mass is 32.2. The van der Waals surface area contributed by atoms with E-state index in [1.807, 2.05) is 35.0 Å². The standard InChI is InChI=1S/C21H19N3O5S/c1-13(25)16-9-18-19(29-12-28-18)10-17(16)23-20(26)11-30-21-22-7-8-24(21)14-3-5-15(27-2)6-4-14/h3-10H,11-12H2,1-2H3,(H,23,26). The molecule has 0 unspecified atom stereocenters. The summed E-state index contributed by atoms with van der Waals surface area (Å²) in [7, 11) is 1.61. The predicted octanol–water partition coefficient (Wildman–Crippen LogP) is 3.54. The number of hydrogen-bond donors (Lipinski definition) is 1. The van der Waals surface area contributed by atoms with Crippen molar-refractivity contribution < 1.29 is 23.8 Å². The summed E-state index contributed by atoms with van der Waals surface area (Å²) in [6.45, 7) is 1.53. The van der Waals surface area contributed by atoms with Gasteiger partial charge < -0.3 is 19.5 Å². The molecule has 154 valence electrons. The smallest absolute Gasteiger partial charge is 0.234 e. The third-order valence-electron chi connectivity index (χ3n) is 4.46. The number of hydrogen-bond acceptors (Lipinski definition) is 7. The van der Waals surface area contributed by atoms with Crippen LogP contribution in [0.3, 0.4) is 0 Å². The molecular weight excluding hydrogens is 406 g/mol. The van der Waals surface area contributed by atoms with Crippen molar-refractivity contribution in [2.75, 3.05) is 25.0 Å². The van der Waals surface area contributed by atoms with Crippen LogP contribution in [0.25, 0.3) is 5.69 Å². The van der Waals surface area contributed by atoms with Gasteiger partial charge in [-0.15, -0.1) is 0 Å². The third-order valence-corrected chi connectivity index (χ3v) is 5.42. The Morgan fingerprint density at radius 3 is 2.63 bits per heavy atom. The Balaban J connectivity index is 1.45. The summed E-state index contributed by atoms with van der Waals surface area (Å²) in [6, 6.07) is 10.7. The molecule has 0 atom stereocenters. The number of fused-ring (bicyclic) bond motifs is 1. The largest absolute Gasteiger partial charge is 0.497 e. The molecule has 1 aliphatic rings. The second kappa shape index (κ2) is 8.50. The van der Waals surface area contributed by atoms with E-state index in [2.05, 4.69) is 10.3 Å². The van der Waals surface area contributed by atoms with Crippen LogP contribution in [0.2, 0.25) is 0 Å². The number of ketones is 1. The van der Waals surface area contributed by atoms with Gasteiger partial charge in [0, 0.05) is 29.7 Å². The molecule has 8 nitrogen and oxygen atoms in total. The van der Waals surface area contributed by atoms with E-state index in [1.165, 1.54) is 18.7 Å². The van der Waals surface area contributed by atoms with Crippen molar-refractivity contribution in [3.05, 3.63) is 54.4 Å². The molecule has 2 aromatic carbocycles. The van der Waals surface area contributed by atoms with Gasteiger partial charge in [0.25, 0.3) is 0 Å². The minimum Gasteiger partial charge on any atom is -0.497 e. The molecule has 4 rings (SSSR count). The number of amides is 1. The van der Waals surface area contributed by atoms with Crippen LogP contribution in [0.5, 0.6) is 17.2 Å². The molecule has 30 heavy (non-hydrogen) atoms. The molecule has 0 saturated carbocycles. The average Bonchev–Trinajstić information content (AvgIpc) is 3.40. The van der Waals surface area contributed by atoms with Crippen molar-refractivity contribution in [1.29, 1.82) is 0 Å². The maximum atomic E-state index is 12.5. The number of ether oxygens (including phenoxy) is 3. The minimum absolute atomic E-state index is 0.0912. The first-order valence-corrected chi connectivity index (χ1v) is 10.1. The van der Waals surface area contributed by atoms with Crippen LogP contribution in [0.4, 0.5) is 5.69 Å². The molecule has 3 aromatic rings. The lowest BCUT2D eigenvalue weighted by molar-refractivity contribution is -0.113. The Kier molecular flexibility index (Phi) is 5.62. The zero-order valence-electron chi connectivity index (χ0n) is 16.4. The fourth-order valence-electron chi connectivity index (χ4n) is 2.99. The molecule has 0 spiro atoms. The van der Waals surface area contributed by atoms with E-state index in [0.717, 1.165) is 11.4 Å². The molecular formula is C21H19N3O5S. The molecule has 0 saturated heterocycles. The van der Waals surface area contributed by atoms with Crippen LogP contribution < -0.4 is 19.5 Å². The normalized spacial score (nSPS) is 11.9. The van der Waals surface area contributed by atoms with Gasteiger partial charge in [0.05, 0.1) is 18.6 Å². The highest BCUT2D eigenvalue weighted by molar-refractivity contribution is 7.99. The van der Waals surface area contributed by atoms with E-state index in [1.54, 1.807) is 25.4 Å². The lowest BCUT2D eigenvalue weighted by Crippen LogP contribution is -2.16. The van der Waals surface area contributed by atoms with Crippen molar-refractivity contribution in [1.82, 2.24) is 9.55 Å². The van der Waals surface area contributed by atoms with Crippen LogP contribution in [-0.2, 0) is 4.79 Å². The van der Waals surface area contributed by atoms with E-state index in [-0.39, 0.29) is 24.2 Å². The van der Waals surface area contributed by atoms with Gasteiger partial charge in [-0.1, -0.05) is 11.8 Å². The van der Waals surface area contributed by atoms with Crippen LogP contribution >= 0.6 is 11.8 Å². The first-order chi connectivity index (χ1) is 14.5. The highest BCUT2D eigenvalue weighted by Crippen LogP contribution is 2.37. The summed E-state index contributed by atoms with van der Waals surface area (Å²) < 4.78 is 17.7. The number of carbonyl (C=O) groups excluding carboxylic acids is 2. The van der Waals surface area contributed by atoms with Crippen molar-refractivity contribution in [2.45, 2.75) is 12.1 Å². The second-order valence-corrected chi connectivity index (χ2v) is 7.36. The molecule has 0 radical (unpaired) electrons. The number of nitrogens with zero attached hydrogens (tertiary/aromatic N) is 2.